The molecule has 11 heteroatoms. The quantitative estimate of drug-likeness (QED) is 0.169. The van der Waals surface area contributed by atoms with Gasteiger partial charge >= 0.3 is 18.0 Å². The van der Waals surface area contributed by atoms with E-state index in [9.17, 15) is 19.5 Å². The third kappa shape index (κ3) is 18.9. The fraction of sp³-hybridized carbons (Fsp3) is 0.722. The molecular formula is C18H33N3O8. The molecule has 1 aliphatic heterocycles. The van der Waals surface area contributed by atoms with Gasteiger partial charge in [0.1, 0.15) is 6.61 Å². The Hall–Kier alpha value is -2.21. The van der Waals surface area contributed by atoms with Crippen molar-refractivity contribution in [2.24, 2.45) is 0 Å². The number of amides is 2. The molecule has 11 nitrogen and oxygen atoms in total. The van der Waals surface area contributed by atoms with Crippen molar-refractivity contribution < 1.29 is 39.3 Å². The number of aliphatic carboxylic acids is 2. The van der Waals surface area contributed by atoms with Crippen molar-refractivity contribution in [2.75, 3.05) is 46.0 Å². The van der Waals surface area contributed by atoms with Crippen molar-refractivity contribution in [3.63, 3.8) is 0 Å². The first-order valence-electron chi connectivity index (χ1n) is 9.62. The summed E-state index contributed by atoms with van der Waals surface area (Å²) in [5.41, 5.74) is 2.29. The third-order valence-corrected chi connectivity index (χ3v) is 3.70. The molecule has 1 aliphatic rings. The topological polar surface area (TPSA) is 158 Å². The summed E-state index contributed by atoms with van der Waals surface area (Å²) in [6.45, 7) is 6.45. The van der Waals surface area contributed by atoms with E-state index in [0.717, 1.165) is 25.9 Å². The van der Waals surface area contributed by atoms with Crippen molar-refractivity contribution in [1.29, 1.82) is 0 Å². The number of ether oxygens (including phenoxy) is 1. The van der Waals surface area contributed by atoms with E-state index in [-0.39, 0.29) is 12.6 Å². The van der Waals surface area contributed by atoms with Crippen molar-refractivity contribution in [3.8, 4) is 0 Å². The molecule has 5 N–H and O–H groups in total. The maximum Gasteiger partial charge on any atom is 0.338 e. The van der Waals surface area contributed by atoms with Gasteiger partial charge in [0, 0.05) is 38.3 Å². The molecular weight excluding hydrogens is 386 g/mol. The number of carboxylic acid groups (broad SMARTS) is 2. The highest BCUT2D eigenvalue weighted by Crippen LogP contribution is 1.99. The predicted octanol–water partition coefficient (Wildman–Crippen LogP) is 0.202. The van der Waals surface area contributed by atoms with Crippen molar-refractivity contribution in [2.45, 2.75) is 38.7 Å². The van der Waals surface area contributed by atoms with Crippen LogP contribution in [0.4, 0.5) is 4.79 Å². The van der Waals surface area contributed by atoms with E-state index in [1.54, 1.807) is 0 Å². The molecule has 1 heterocycles. The van der Waals surface area contributed by atoms with Crippen LogP contribution >= 0.6 is 0 Å². The van der Waals surface area contributed by atoms with Crippen LogP contribution in [0, 0.1) is 0 Å². The number of nitrogens with one attached hydrogen (secondary N) is 2. The van der Waals surface area contributed by atoms with Crippen molar-refractivity contribution in [3.05, 3.63) is 12.2 Å². The van der Waals surface area contributed by atoms with Gasteiger partial charge in [0.05, 0.1) is 19.3 Å². The lowest BCUT2D eigenvalue weighted by Gasteiger charge is -2.28. The highest BCUT2D eigenvalue weighted by molar-refractivity contribution is 5.89. The summed E-state index contributed by atoms with van der Waals surface area (Å²) in [4.78, 5) is 37.6. The number of morpholine rings is 1. The Kier molecular flexibility index (Phi) is 16.5. The van der Waals surface area contributed by atoms with Crippen LogP contribution in [0.5, 0.6) is 0 Å². The molecule has 0 spiro atoms. The molecule has 0 bridgehead atoms. The Morgan fingerprint density at radius 3 is 2.28 bits per heavy atom. The van der Waals surface area contributed by atoms with E-state index in [1.807, 2.05) is 0 Å². The van der Waals surface area contributed by atoms with E-state index in [2.05, 4.69) is 22.6 Å². The summed E-state index contributed by atoms with van der Waals surface area (Å²) in [6.07, 6.45) is 4.96. The Bertz CT molecular complexity index is 479. The van der Waals surface area contributed by atoms with Crippen LogP contribution in [0.25, 0.3) is 0 Å². The van der Waals surface area contributed by atoms with Gasteiger partial charge < -0.3 is 25.4 Å². The normalized spacial score (nSPS) is 15.2. The molecule has 1 atom stereocenters. The predicted molar refractivity (Wildman–Crippen MR) is 104 cm³/mol. The number of urea groups is 1. The van der Waals surface area contributed by atoms with Crippen LogP contribution in [-0.2, 0) is 19.2 Å². The zero-order valence-corrected chi connectivity index (χ0v) is 16.8. The van der Waals surface area contributed by atoms with Crippen molar-refractivity contribution in [1.82, 2.24) is 15.7 Å². The number of carbonyl (C=O) groups is 3. The van der Waals surface area contributed by atoms with Gasteiger partial charge in [0.15, 0.2) is 0 Å². The first-order chi connectivity index (χ1) is 13.8. The second kappa shape index (κ2) is 17.9. The summed E-state index contributed by atoms with van der Waals surface area (Å²) >= 11 is 0. The Balaban J connectivity index is 0.000000828. The smallest absolute Gasteiger partial charge is 0.338 e. The number of hydrogen-bond acceptors (Lipinski definition) is 7. The summed E-state index contributed by atoms with van der Waals surface area (Å²) in [5, 5.41) is 28.1. The number of hydroxylamine groups is 1. The lowest BCUT2D eigenvalue weighted by molar-refractivity contribution is -0.134. The second-order valence-electron chi connectivity index (χ2n) is 6.31. The third-order valence-electron chi connectivity index (χ3n) is 3.70. The van der Waals surface area contributed by atoms with Gasteiger partial charge in [-0.3, -0.25) is 9.74 Å². The maximum atomic E-state index is 11.4. The summed E-state index contributed by atoms with van der Waals surface area (Å²) in [6, 6.07) is -0.356. The molecule has 0 aliphatic carbocycles. The summed E-state index contributed by atoms with van der Waals surface area (Å²) in [5.74, 6) is -2.51. The standard InChI is InChI=1S/C14H29N3O4.C4H4O4/c1-2-3-4-5-6-15-14(19)16-21-12-13(18)11-17-7-9-20-10-8-17;5-3(6)1-2-4(7)8/h13,18H,2-12H2,1H3,(H2,15,16,19);1-2H,(H,5,6)(H,7,8). The van der Waals surface area contributed by atoms with Crippen LogP contribution in [0.3, 0.4) is 0 Å². The van der Waals surface area contributed by atoms with Crippen LogP contribution < -0.4 is 10.8 Å². The van der Waals surface area contributed by atoms with E-state index < -0.39 is 18.0 Å². The number of aliphatic hydroxyl groups is 1. The molecule has 0 saturated carbocycles. The Labute approximate surface area is 170 Å². The van der Waals surface area contributed by atoms with E-state index >= 15 is 0 Å². The van der Waals surface area contributed by atoms with Gasteiger partial charge in [-0.05, 0) is 6.42 Å². The average molecular weight is 419 g/mol. The maximum absolute atomic E-state index is 11.4. The molecule has 1 rings (SSSR count). The monoisotopic (exact) mass is 419 g/mol. The molecule has 0 radical (unpaired) electrons. The number of carbonyl (C=O) groups excluding carboxylic acids is 1. The van der Waals surface area contributed by atoms with Crippen LogP contribution in [0.1, 0.15) is 32.6 Å². The molecule has 2 amide bonds. The minimum absolute atomic E-state index is 0.0839. The first-order valence-corrected chi connectivity index (χ1v) is 9.62. The number of rotatable bonds is 12. The van der Waals surface area contributed by atoms with Crippen molar-refractivity contribution >= 4 is 18.0 Å². The summed E-state index contributed by atoms with van der Waals surface area (Å²) in [7, 11) is 0. The number of carboxylic acids is 2. The van der Waals surface area contributed by atoms with Gasteiger partial charge in [-0.1, -0.05) is 26.2 Å². The highest BCUT2D eigenvalue weighted by atomic mass is 16.7. The number of unbranched alkanes of at least 4 members (excludes halogenated alkanes) is 3. The summed E-state index contributed by atoms with van der Waals surface area (Å²) < 4.78 is 5.24. The fourth-order valence-corrected chi connectivity index (χ4v) is 2.27. The van der Waals surface area contributed by atoms with Crippen LogP contribution in [0.2, 0.25) is 0 Å². The zero-order chi connectivity index (χ0) is 21.9. The Morgan fingerprint density at radius 2 is 1.72 bits per heavy atom. The van der Waals surface area contributed by atoms with Gasteiger partial charge in [0.2, 0.25) is 0 Å². The number of β-amino-alcohol motifs (C(OH)–C–C–N with tert-alkyl or cyclic N) is 1. The minimum Gasteiger partial charge on any atom is -0.478 e. The van der Waals surface area contributed by atoms with Gasteiger partial charge in [-0.15, -0.1) is 0 Å². The molecule has 1 fully saturated rings. The molecule has 0 aromatic carbocycles. The fourth-order valence-electron chi connectivity index (χ4n) is 2.27. The highest BCUT2D eigenvalue weighted by Gasteiger charge is 2.15. The lowest BCUT2D eigenvalue weighted by atomic mass is 10.2. The Morgan fingerprint density at radius 1 is 1.10 bits per heavy atom. The SMILES string of the molecule is CCCCCCNC(=O)NOCC(O)CN1CCOCC1.O=C(O)C=CC(=O)O. The van der Waals surface area contributed by atoms with E-state index in [0.29, 0.717) is 38.5 Å². The van der Waals surface area contributed by atoms with Crippen LogP contribution in [0.15, 0.2) is 12.2 Å². The molecule has 0 aromatic rings. The van der Waals surface area contributed by atoms with E-state index in [1.165, 1.54) is 12.8 Å². The van der Waals surface area contributed by atoms with Gasteiger partial charge in [-0.25, -0.2) is 19.9 Å². The van der Waals surface area contributed by atoms with Gasteiger partial charge in [0.25, 0.3) is 0 Å². The molecule has 168 valence electrons. The second-order valence-corrected chi connectivity index (χ2v) is 6.31. The molecule has 0 aromatic heterocycles. The molecule has 1 unspecified atom stereocenters. The largest absolute Gasteiger partial charge is 0.478 e. The van der Waals surface area contributed by atoms with Gasteiger partial charge in [-0.2, -0.15) is 0 Å². The van der Waals surface area contributed by atoms with Crippen LogP contribution in [-0.4, -0.2) is 90.3 Å². The average Bonchev–Trinajstić information content (AvgIpc) is 2.67. The minimum atomic E-state index is -1.26. The number of aliphatic hydroxyl groups excluding tert-OH is 1. The zero-order valence-electron chi connectivity index (χ0n) is 16.8. The number of nitrogens with zero attached hydrogens (tertiary/aromatic N) is 1. The first kappa shape index (κ1) is 26.8. The molecule has 1 saturated heterocycles. The number of hydrogen-bond donors (Lipinski definition) is 5. The molecule has 29 heavy (non-hydrogen) atoms. The van der Waals surface area contributed by atoms with E-state index in [4.69, 9.17) is 19.8 Å². The lowest BCUT2D eigenvalue weighted by Crippen LogP contribution is -2.43.